The van der Waals surface area contributed by atoms with Gasteiger partial charge in [-0.05, 0) is 26.0 Å². The molecule has 0 radical (unpaired) electrons. The van der Waals surface area contributed by atoms with Crippen LogP contribution in [0.2, 0.25) is 0 Å². The Morgan fingerprint density at radius 2 is 2.00 bits per heavy atom. The van der Waals surface area contributed by atoms with E-state index in [-0.39, 0.29) is 12.5 Å². The summed E-state index contributed by atoms with van der Waals surface area (Å²) in [6.45, 7) is 9.60. The SMILES string of the molecule is C=CCN1c2ccccc2N(C(C)=O)[C@H]2C(C(=O)OCC)=C(C)O[C@H]21. The molecule has 0 aliphatic carbocycles. The Morgan fingerprint density at radius 1 is 1.32 bits per heavy atom. The molecule has 25 heavy (non-hydrogen) atoms. The van der Waals surface area contributed by atoms with Crippen LogP contribution in [0.25, 0.3) is 0 Å². The molecule has 0 unspecified atom stereocenters. The molecule has 2 aliphatic heterocycles. The number of esters is 1. The van der Waals surface area contributed by atoms with Gasteiger partial charge in [-0.15, -0.1) is 6.58 Å². The van der Waals surface area contributed by atoms with Gasteiger partial charge in [-0.25, -0.2) is 4.79 Å². The molecule has 0 saturated carbocycles. The van der Waals surface area contributed by atoms with E-state index in [0.717, 1.165) is 11.4 Å². The summed E-state index contributed by atoms with van der Waals surface area (Å²) in [6, 6.07) is 7.05. The summed E-state index contributed by atoms with van der Waals surface area (Å²) in [5.74, 6) is -0.112. The van der Waals surface area contributed by atoms with Crippen molar-refractivity contribution in [1.29, 1.82) is 0 Å². The number of ether oxygens (including phenoxy) is 2. The molecule has 0 bridgehead atoms. The van der Waals surface area contributed by atoms with Gasteiger partial charge in [0.05, 0.1) is 18.0 Å². The lowest BCUT2D eigenvalue weighted by molar-refractivity contribution is -0.138. The highest BCUT2D eigenvalue weighted by molar-refractivity contribution is 6.02. The molecule has 2 atom stereocenters. The summed E-state index contributed by atoms with van der Waals surface area (Å²) in [4.78, 5) is 28.6. The molecular formula is C19H22N2O4. The second-order valence-corrected chi connectivity index (χ2v) is 5.96. The lowest BCUT2D eigenvalue weighted by atomic mass is 9.98. The fourth-order valence-electron chi connectivity index (χ4n) is 3.53. The van der Waals surface area contributed by atoms with E-state index < -0.39 is 18.2 Å². The maximum atomic E-state index is 12.5. The number of carbonyl (C=O) groups excluding carboxylic acids is 2. The standard InChI is InChI=1S/C19H22N2O4/c1-5-11-20-14-9-7-8-10-15(14)21(13(4)22)17-16(19(23)24-6-2)12(3)25-18(17)20/h5,7-10,17-18H,1,6,11H2,2-4H3/t17-,18+/m0/s1. The molecule has 6 heteroatoms. The van der Waals surface area contributed by atoms with Crippen LogP contribution in [0, 0.1) is 0 Å². The number of hydrogen-bond acceptors (Lipinski definition) is 5. The van der Waals surface area contributed by atoms with Gasteiger partial charge in [0, 0.05) is 13.5 Å². The van der Waals surface area contributed by atoms with Crippen molar-refractivity contribution in [1.82, 2.24) is 0 Å². The predicted molar refractivity (Wildman–Crippen MR) is 95.1 cm³/mol. The number of anilines is 2. The Bertz CT molecular complexity index is 756. The van der Waals surface area contributed by atoms with Gasteiger partial charge in [0.1, 0.15) is 17.4 Å². The smallest absolute Gasteiger partial charge is 0.339 e. The first-order valence-electron chi connectivity index (χ1n) is 8.32. The molecule has 0 saturated heterocycles. The lowest BCUT2D eigenvalue weighted by Gasteiger charge is -2.45. The van der Waals surface area contributed by atoms with Gasteiger partial charge in [0.15, 0.2) is 6.23 Å². The molecule has 0 N–H and O–H groups in total. The number of para-hydroxylation sites is 2. The average molecular weight is 342 g/mol. The summed E-state index contributed by atoms with van der Waals surface area (Å²) in [5.41, 5.74) is 2.01. The Labute approximate surface area is 147 Å². The fraction of sp³-hybridized carbons (Fsp3) is 0.368. The quantitative estimate of drug-likeness (QED) is 0.622. The highest BCUT2D eigenvalue weighted by Gasteiger charge is 2.51. The Balaban J connectivity index is 2.16. The van der Waals surface area contributed by atoms with Crippen LogP contribution in [0.3, 0.4) is 0 Å². The van der Waals surface area contributed by atoms with Gasteiger partial charge in [0.2, 0.25) is 5.91 Å². The summed E-state index contributed by atoms with van der Waals surface area (Å²) in [7, 11) is 0. The second-order valence-electron chi connectivity index (χ2n) is 5.96. The summed E-state index contributed by atoms with van der Waals surface area (Å²) < 4.78 is 11.2. The van der Waals surface area contributed by atoms with Crippen molar-refractivity contribution in [3.8, 4) is 0 Å². The second kappa shape index (κ2) is 6.63. The van der Waals surface area contributed by atoms with Crippen molar-refractivity contribution in [3.05, 3.63) is 48.3 Å². The van der Waals surface area contributed by atoms with E-state index in [0.29, 0.717) is 17.9 Å². The van der Waals surface area contributed by atoms with Gasteiger partial charge >= 0.3 is 5.97 Å². The van der Waals surface area contributed by atoms with Gasteiger partial charge in [0.25, 0.3) is 0 Å². The number of amides is 1. The third-order valence-electron chi connectivity index (χ3n) is 4.44. The van der Waals surface area contributed by atoms with Crippen LogP contribution in [0.15, 0.2) is 48.3 Å². The van der Waals surface area contributed by atoms with Crippen molar-refractivity contribution < 1.29 is 19.1 Å². The minimum atomic E-state index is -0.550. The van der Waals surface area contributed by atoms with Crippen molar-refractivity contribution in [2.24, 2.45) is 0 Å². The Hall–Kier alpha value is -2.76. The number of carbonyl (C=O) groups is 2. The van der Waals surface area contributed by atoms with Gasteiger partial charge < -0.3 is 14.4 Å². The van der Waals surface area contributed by atoms with Crippen LogP contribution in [0.1, 0.15) is 20.8 Å². The molecule has 132 valence electrons. The summed E-state index contributed by atoms with van der Waals surface area (Å²) in [5, 5.41) is 0. The molecule has 0 aromatic heterocycles. The van der Waals surface area contributed by atoms with Crippen molar-refractivity contribution >= 4 is 23.3 Å². The molecule has 0 fully saturated rings. The largest absolute Gasteiger partial charge is 0.472 e. The highest BCUT2D eigenvalue weighted by Crippen LogP contribution is 2.45. The normalized spacial score (nSPS) is 21.4. The van der Waals surface area contributed by atoms with Crippen molar-refractivity contribution in [3.63, 3.8) is 0 Å². The molecule has 3 rings (SSSR count). The molecule has 1 aromatic carbocycles. The predicted octanol–water partition coefficient (Wildman–Crippen LogP) is 2.61. The third-order valence-corrected chi connectivity index (χ3v) is 4.44. The summed E-state index contributed by atoms with van der Waals surface area (Å²) >= 11 is 0. The molecule has 0 spiro atoms. The third kappa shape index (κ3) is 2.67. The van der Waals surface area contributed by atoms with Crippen molar-refractivity contribution in [2.75, 3.05) is 23.0 Å². The minimum Gasteiger partial charge on any atom is -0.472 e. The zero-order valence-corrected chi connectivity index (χ0v) is 14.7. The first-order valence-corrected chi connectivity index (χ1v) is 8.32. The van der Waals surface area contributed by atoms with Gasteiger partial charge in [-0.3, -0.25) is 9.69 Å². The number of allylic oxidation sites excluding steroid dienone is 1. The molecule has 6 nitrogen and oxygen atoms in total. The fourth-order valence-corrected chi connectivity index (χ4v) is 3.53. The zero-order valence-electron chi connectivity index (χ0n) is 14.7. The summed E-state index contributed by atoms with van der Waals surface area (Å²) in [6.07, 6.45) is 1.29. The molecule has 1 aromatic rings. The van der Waals surface area contributed by atoms with E-state index >= 15 is 0 Å². The topological polar surface area (TPSA) is 59.1 Å². The Kier molecular flexibility index (Phi) is 4.53. The van der Waals surface area contributed by atoms with Crippen LogP contribution in [0.5, 0.6) is 0 Å². The molecule has 1 amide bonds. The maximum Gasteiger partial charge on any atom is 0.339 e. The van der Waals surface area contributed by atoms with Gasteiger partial charge in [-0.2, -0.15) is 0 Å². The molecular weight excluding hydrogens is 320 g/mol. The number of nitrogens with zero attached hydrogens (tertiary/aromatic N) is 2. The van der Waals surface area contributed by atoms with E-state index in [9.17, 15) is 9.59 Å². The van der Waals surface area contributed by atoms with Crippen LogP contribution >= 0.6 is 0 Å². The highest BCUT2D eigenvalue weighted by atomic mass is 16.5. The molecule has 2 aliphatic rings. The van der Waals surface area contributed by atoms with Gasteiger partial charge in [-0.1, -0.05) is 18.2 Å². The van der Waals surface area contributed by atoms with E-state index in [2.05, 4.69) is 6.58 Å². The number of hydrogen-bond donors (Lipinski definition) is 0. The number of fused-ring (bicyclic) bond motifs is 2. The first kappa shape index (κ1) is 17.1. The van der Waals surface area contributed by atoms with E-state index in [1.165, 1.54) is 6.92 Å². The van der Waals surface area contributed by atoms with E-state index in [1.807, 2.05) is 29.2 Å². The number of rotatable bonds is 4. The monoisotopic (exact) mass is 342 g/mol. The average Bonchev–Trinajstić information content (AvgIpc) is 2.91. The number of benzene rings is 1. The van der Waals surface area contributed by atoms with Crippen molar-refractivity contribution in [2.45, 2.75) is 33.0 Å². The first-order chi connectivity index (χ1) is 12.0. The zero-order chi connectivity index (χ0) is 18.1. The Morgan fingerprint density at radius 3 is 2.60 bits per heavy atom. The van der Waals surface area contributed by atoms with Crippen LogP contribution < -0.4 is 9.80 Å². The lowest BCUT2D eigenvalue weighted by Crippen LogP contribution is -2.58. The van der Waals surface area contributed by atoms with Crippen LogP contribution in [0.4, 0.5) is 11.4 Å². The van der Waals surface area contributed by atoms with E-state index in [1.54, 1.807) is 24.8 Å². The maximum absolute atomic E-state index is 12.5. The van der Waals surface area contributed by atoms with Crippen LogP contribution in [-0.4, -0.2) is 37.3 Å². The minimum absolute atomic E-state index is 0.152. The molecule has 2 heterocycles. The van der Waals surface area contributed by atoms with Crippen LogP contribution in [-0.2, 0) is 19.1 Å². The van der Waals surface area contributed by atoms with E-state index in [4.69, 9.17) is 9.47 Å².